The van der Waals surface area contributed by atoms with Gasteiger partial charge in [-0.05, 0) is 25.1 Å². The first-order valence-corrected chi connectivity index (χ1v) is 7.37. The molecule has 0 amide bonds. The maximum Gasteiger partial charge on any atom is 0.169 e. The van der Waals surface area contributed by atoms with Gasteiger partial charge in [-0.3, -0.25) is 14.8 Å². The fraction of sp³-hybridized carbons (Fsp3) is 0.188. The highest BCUT2D eigenvalue weighted by Gasteiger charge is 2.11. The molecule has 3 rings (SSSR count). The second kappa shape index (κ2) is 6.39. The molecular formula is C16H16N2OS. The summed E-state index contributed by atoms with van der Waals surface area (Å²) < 4.78 is 1.02. The van der Waals surface area contributed by atoms with Crippen LogP contribution in [0.1, 0.15) is 30.4 Å². The molecule has 0 fully saturated rings. The third-order valence-electron chi connectivity index (χ3n) is 2.73. The molecule has 4 heteroatoms. The zero-order valence-corrected chi connectivity index (χ0v) is 12.6. The molecule has 3 aromatic heterocycles. The largest absolute Gasteiger partial charge is 0.294 e. The molecule has 0 radical (unpaired) electrons. The minimum absolute atomic E-state index is 0.0863. The van der Waals surface area contributed by atoms with Crippen LogP contribution in [0.25, 0.3) is 21.3 Å². The molecule has 0 saturated carbocycles. The Morgan fingerprint density at radius 3 is 2.65 bits per heavy atom. The van der Waals surface area contributed by atoms with Gasteiger partial charge in [0.15, 0.2) is 5.78 Å². The van der Waals surface area contributed by atoms with Crippen molar-refractivity contribution >= 4 is 27.2 Å². The van der Waals surface area contributed by atoms with Gasteiger partial charge in [0.1, 0.15) is 0 Å². The average molecular weight is 284 g/mol. The number of rotatable bonds is 2. The lowest BCUT2D eigenvalue weighted by molar-refractivity contribution is 0.102. The molecular weight excluding hydrogens is 268 g/mol. The summed E-state index contributed by atoms with van der Waals surface area (Å²) in [5, 5.41) is 1.04. The van der Waals surface area contributed by atoms with Gasteiger partial charge in [-0.1, -0.05) is 19.9 Å². The summed E-state index contributed by atoms with van der Waals surface area (Å²) in [7, 11) is 0. The normalized spacial score (nSPS) is 9.95. The van der Waals surface area contributed by atoms with Crippen molar-refractivity contribution < 1.29 is 4.79 Å². The highest BCUT2D eigenvalue weighted by Crippen LogP contribution is 2.32. The van der Waals surface area contributed by atoms with Crippen LogP contribution in [0.5, 0.6) is 0 Å². The molecule has 102 valence electrons. The van der Waals surface area contributed by atoms with Gasteiger partial charge in [-0.25, -0.2) is 0 Å². The summed E-state index contributed by atoms with van der Waals surface area (Å²) >= 11 is 1.47. The number of thiophene rings is 1. The highest BCUT2D eigenvalue weighted by molar-refractivity contribution is 7.20. The van der Waals surface area contributed by atoms with Gasteiger partial charge in [0.2, 0.25) is 0 Å². The van der Waals surface area contributed by atoms with Crippen LogP contribution < -0.4 is 0 Å². The van der Waals surface area contributed by atoms with Crippen molar-refractivity contribution in [2.24, 2.45) is 0 Å². The van der Waals surface area contributed by atoms with Crippen LogP contribution in [0.3, 0.4) is 0 Å². The molecule has 3 nitrogen and oxygen atoms in total. The van der Waals surface area contributed by atoms with Crippen molar-refractivity contribution in [2.75, 3.05) is 0 Å². The van der Waals surface area contributed by atoms with Crippen molar-refractivity contribution in [3.05, 3.63) is 47.7 Å². The number of aromatic nitrogens is 2. The molecule has 0 aliphatic heterocycles. The second-order valence-electron chi connectivity index (χ2n) is 3.98. The molecule has 0 aliphatic rings. The van der Waals surface area contributed by atoms with Gasteiger partial charge < -0.3 is 0 Å². The standard InChI is InChI=1S/C14H10N2OS.C2H6/c1-9(17)13-6-10-11(7-15-8-14(10)18-13)12-4-2-3-5-16-12;1-2/h2-8H,1H3;1-2H3. The van der Waals surface area contributed by atoms with E-state index in [2.05, 4.69) is 9.97 Å². The van der Waals surface area contributed by atoms with Gasteiger partial charge in [-0.2, -0.15) is 0 Å². The highest BCUT2D eigenvalue weighted by atomic mass is 32.1. The lowest BCUT2D eigenvalue weighted by Crippen LogP contribution is -1.85. The molecule has 3 heterocycles. The first kappa shape index (κ1) is 14.3. The maximum absolute atomic E-state index is 11.4. The second-order valence-corrected chi connectivity index (χ2v) is 5.06. The summed E-state index contributed by atoms with van der Waals surface area (Å²) in [6.45, 7) is 5.58. The van der Waals surface area contributed by atoms with E-state index >= 15 is 0 Å². The lowest BCUT2D eigenvalue weighted by atomic mass is 10.1. The number of carbonyl (C=O) groups is 1. The number of hydrogen-bond acceptors (Lipinski definition) is 4. The van der Waals surface area contributed by atoms with E-state index in [0.29, 0.717) is 0 Å². The molecule has 0 saturated heterocycles. The van der Waals surface area contributed by atoms with E-state index in [1.165, 1.54) is 11.3 Å². The topological polar surface area (TPSA) is 42.9 Å². The van der Waals surface area contributed by atoms with Crippen LogP contribution in [-0.2, 0) is 0 Å². The predicted octanol–water partition coefficient (Wildman–Crippen LogP) is 4.59. The Bertz CT molecular complexity index is 720. The Morgan fingerprint density at radius 2 is 2.00 bits per heavy atom. The van der Waals surface area contributed by atoms with Crippen LogP contribution in [0.15, 0.2) is 42.9 Å². The van der Waals surface area contributed by atoms with Crippen molar-refractivity contribution in [1.82, 2.24) is 9.97 Å². The van der Waals surface area contributed by atoms with Gasteiger partial charge in [0, 0.05) is 29.5 Å². The Morgan fingerprint density at radius 1 is 1.20 bits per heavy atom. The maximum atomic E-state index is 11.4. The zero-order chi connectivity index (χ0) is 14.5. The number of nitrogens with zero attached hydrogens (tertiary/aromatic N) is 2. The molecule has 0 spiro atoms. The van der Waals surface area contributed by atoms with E-state index in [9.17, 15) is 4.79 Å². The van der Waals surface area contributed by atoms with E-state index in [1.807, 2.05) is 38.1 Å². The molecule has 3 aromatic rings. The van der Waals surface area contributed by atoms with Gasteiger partial charge in [-0.15, -0.1) is 11.3 Å². The van der Waals surface area contributed by atoms with Gasteiger partial charge in [0.05, 0.1) is 15.3 Å². The molecule has 0 atom stereocenters. The SMILES string of the molecule is CC.CC(=O)c1cc2c(-c3ccccn3)cncc2s1. The Kier molecular flexibility index (Phi) is 4.58. The van der Waals surface area contributed by atoms with Crippen molar-refractivity contribution in [3.63, 3.8) is 0 Å². The molecule has 0 unspecified atom stereocenters. The Hall–Kier alpha value is -2.07. The van der Waals surface area contributed by atoms with E-state index in [4.69, 9.17) is 0 Å². The fourth-order valence-corrected chi connectivity index (χ4v) is 2.81. The Balaban J connectivity index is 0.000000704. The first-order chi connectivity index (χ1) is 9.75. The summed E-state index contributed by atoms with van der Waals surface area (Å²) in [5.41, 5.74) is 1.85. The Labute approximate surface area is 122 Å². The molecule has 0 N–H and O–H groups in total. The molecule has 20 heavy (non-hydrogen) atoms. The smallest absolute Gasteiger partial charge is 0.169 e. The zero-order valence-electron chi connectivity index (χ0n) is 11.8. The lowest BCUT2D eigenvalue weighted by Gasteiger charge is -2.00. The minimum atomic E-state index is 0.0863. The van der Waals surface area contributed by atoms with E-state index in [-0.39, 0.29) is 5.78 Å². The minimum Gasteiger partial charge on any atom is -0.294 e. The fourth-order valence-electron chi connectivity index (χ4n) is 1.86. The predicted molar refractivity (Wildman–Crippen MR) is 84.2 cm³/mol. The summed E-state index contributed by atoms with van der Waals surface area (Å²) in [6.07, 6.45) is 5.34. The number of Topliss-reactive ketones (excluding diaryl/α,β-unsaturated/α-hetero) is 1. The quantitative estimate of drug-likeness (QED) is 0.646. The van der Waals surface area contributed by atoms with E-state index in [0.717, 1.165) is 26.2 Å². The molecule has 0 bridgehead atoms. The van der Waals surface area contributed by atoms with Crippen LogP contribution in [0.4, 0.5) is 0 Å². The van der Waals surface area contributed by atoms with E-state index in [1.54, 1.807) is 25.5 Å². The summed E-state index contributed by atoms with van der Waals surface area (Å²) in [6, 6.07) is 7.70. The number of carbonyl (C=O) groups excluding carboxylic acids is 1. The first-order valence-electron chi connectivity index (χ1n) is 6.55. The molecule has 0 aromatic carbocycles. The van der Waals surface area contributed by atoms with Crippen molar-refractivity contribution in [2.45, 2.75) is 20.8 Å². The monoisotopic (exact) mass is 284 g/mol. The number of ketones is 1. The number of pyridine rings is 2. The summed E-state index contributed by atoms with van der Waals surface area (Å²) in [4.78, 5) is 20.8. The van der Waals surface area contributed by atoms with Gasteiger partial charge in [0.25, 0.3) is 0 Å². The van der Waals surface area contributed by atoms with E-state index < -0.39 is 0 Å². The van der Waals surface area contributed by atoms with Crippen LogP contribution in [0, 0.1) is 0 Å². The number of hydrogen-bond donors (Lipinski definition) is 0. The van der Waals surface area contributed by atoms with Gasteiger partial charge >= 0.3 is 0 Å². The van der Waals surface area contributed by atoms with Crippen LogP contribution >= 0.6 is 11.3 Å². The molecule has 0 aliphatic carbocycles. The van der Waals surface area contributed by atoms with Crippen LogP contribution in [-0.4, -0.2) is 15.8 Å². The van der Waals surface area contributed by atoms with Crippen molar-refractivity contribution in [3.8, 4) is 11.3 Å². The third-order valence-corrected chi connectivity index (χ3v) is 3.90. The third kappa shape index (κ3) is 2.75. The average Bonchev–Trinajstić information content (AvgIpc) is 2.94. The van der Waals surface area contributed by atoms with Crippen LogP contribution in [0.2, 0.25) is 0 Å². The summed E-state index contributed by atoms with van der Waals surface area (Å²) in [5.74, 6) is 0.0863. The number of fused-ring (bicyclic) bond motifs is 1. The van der Waals surface area contributed by atoms with Crippen molar-refractivity contribution in [1.29, 1.82) is 0 Å².